The Bertz CT molecular complexity index is 468. The fourth-order valence-electron chi connectivity index (χ4n) is 1.01. The second-order valence-electron chi connectivity index (χ2n) is 2.39. The molecular weight excluding hydrogens is 152 g/mol. The molecule has 0 fully saturated rings. The van der Waals surface area contributed by atoms with Crippen LogP contribution in [0.5, 0.6) is 0 Å². The number of fused-ring (bicyclic) bond motifs is 1. The zero-order valence-corrected chi connectivity index (χ0v) is 6.27. The lowest BCUT2D eigenvalue weighted by molar-refractivity contribution is 1.25. The Hall–Kier alpha value is -1.77. The molecular formula is C9H6N2O. The Balaban J connectivity index is 2.98. The predicted molar refractivity (Wildman–Crippen MR) is 45.8 cm³/mol. The summed E-state index contributed by atoms with van der Waals surface area (Å²) >= 11 is 0. The minimum absolute atomic E-state index is 0.260. The number of aromatic nitrogens is 2. The maximum atomic E-state index is 10.9. The summed E-state index contributed by atoms with van der Waals surface area (Å²) in [5.41, 5.74) is 0.233. The zero-order chi connectivity index (χ0) is 8.39. The Labute approximate surface area is 68.7 Å². The minimum atomic E-state index is -0.260. The Morgan fingerprint density at radius 2 is 1.92 bits per heavy atom. The summed E-state index contributed by atoms with van der Waals surface area (Å²) in [5.74, 6) is 0. The van der Waals surface area contributed by atoms with Crippen LogP contribution in [0.4, 0.5) is 0 Å². The first-order valence-corrected chi connectivity index (χ1v) is 3.58. The van der Waals surface area contributed by atoms with Gasteiger partial charge in [-0.2, -0.15) is 4.98 Å². The van der Waals surface area contributed by atoms with E-state index in [4.69, 9.17) is 0 Å². The maximum Gasteiger partial charge on any atom is 0.271 e. The molecule has 0 saturated carbocycles. The lowest BCUT2D eigenvalue weighted by Crippen LogP contribution is -1.98. The van der Waals surface area contributed by atoms with Gasteiger partial charge < -0.3 is 0 Å². The van der Waals surface area contributed by atoms with Gasteiger partial charge in [0.1, 0.15) is 0 Å². The van der Waals surface area contributed by atoms with Crippen LogP contribution in [0.1, 0.15) is 0 Å². The fraction of sp³-hybridized carbons (Fsp3) is 0. The second-order valence-corrected chi connectivity index (χ2v) is 2.39. The number of hydrogen-bond acceptors (Lipinski definition) is 3. The van der Waals surface area contributed by atoms with Gasteiger partial charge in [-0.25, -0.2) is 4.98 Å². The van der Waals surface area contributed by atoms with E-state index >= 15 is 0 Å². The molecule has 0 saturated heterocycles. The predicted octanol–water partition coefficient (Wildman–Crippen LogP) is 0.990. The van der Waals surface area contributed by atoms with Crippen molar-refractivity contribution in [2.75, 3.05) is 0 Å². The van der Waals surface area contributed by atoms with Crippen molar-refractivity contribution in [2.24, 2.45) is 0 Å². The Morgan fingerprint density at radius 1 is 1.08 bits per heavy atom. The minimum Gasteiger partial charge on any atom is -0.267 e. The number of rotatable bonds is 0. The maximum absolute atomic E-state index is 10.9. The first-order valence-electron chi connectivity index (χ1n) is 3.58. The number of pyridine rings is 1. The number of hydrogen-bond donors (Lipinski definition) is 0. The van der Waals surface area contributed by atoms with Crippen LogP contribution in [-0.2, 0) is 0 Å². The molecule has 0 aliphatic rings. The van der Waals surface area contributed by atoms with Crippen LogP contribution in [0, 0.1) is 0 Å². The Morgan fingerprint density at radius 3 is 2.83 bits per heavy atom. The SMILES string of the molecule is O=c1cccc2cccnc2n1. The average Bonchev–Trinajstić information content (AvgIpc) is 2.25. The van der Waals surface area contributed by atoms with Crippen LogP contribution >= 0.6 is 0 Å². The molecule has 0 atom stereocenters. The molecule has 0 N–H and O–H groups in total. The molecule has 0 radical (unpaired) electrons. The normalized spacial score (nSPS) is 10.0. The molecule has 0 aliphatic heterocycles. The molecule has 0 aromatic carbocycles. The molecule has 2 aromatic heterocycles. The lowest BCUT2D eigenvalue weighted by Gasteiger charge is -1.85. The van der Waals surface area contributed by atoms with Gasteiger partial charge in [0.05, 0.1) is 0 Å². The van der Waals surface area contributed by atoms with E-state index < -0.39 is 0 Å². The molecule has 0 aliphatic carbocycles. The van der Waals surface area contributed by atoms with E-state index in [1.54, 1.807) is 12.3 Å². The summed E-state index contributed by atoms with van der Waals surface area (Å²) < 4.78 is 0. The third-order valence-electron chi connectivity index (χ3n) is 1.55. The molecule has 0 spiro atoms. The molecule has 12 heavy (non-hydrogen) atoms. The second kappa shape index (κ2) is 2.70. The van der Waals surface area contributed by atoms with Crippen molar-refractivity contribution in [1.82, 2.24) is 9.97 Å². The van der Waals surface area contributed by atoms with E-state index in [2.05, 4.69) is 9.97 Å². The summed E-state index contributed by atoms with van der Waals surface area (Å²) in [7, 11) is 0. The Kier molecular flexibility index (Phi) is 1.55. The van der Waals surface area contributed by atoms with Crippen LogP contribution < -0.4 is 5.56 Å². The van der Waals surface area contributed by atoms with E-state index in [-0.39, 0.29) is 5.56 Å². The monoisotopic (exact) mass is 158 g/mol. The highest BCUT2D eigenvalue weighted by Crippen LogP contribution is 2.02. The molecule has 3 heteroatoms. The van der Waals surface area contributed by atoms with Crippen LogP contribution in [0.25, 0.3) is 11.0 Å². The van der Waals surface area contributed by atoms with Gasteiger partial charge in [-0.3, -0.25) is 4.79 Å². The van der Waals surface area contributed by atoms with Gasteiger partial charge in [0.25, 0.3) is 5.56 Å². The van der Waals surface area contributed by atoms with Gasteiger partial charge in [0, 0.05) is 17.6 Å². The third-order valence-corrected chi connectivity index (χ3v) is 1.55. The van der Waals surface area contributed by atoms with E-state index in [0.29, 0.717) is 5.65 Å². The standard InChI is InChI=1S/C9H6N2O/c12-8-5-1-3-7-4-2-6-10-9(7)11-8/h1-6H. The largest absolute Gasteiger partial charge is 0.271 e. The van der Waals surface area contributed by atoms with Crippen molar-refractivity contribution >= 4 is 11.0 Å². The molecule has 0 bridgehead atoms. The molecule has 0 amide bonds. The summed E-state index contributed by atoms with van der Waals surface area (Å²) in [6.45, 7) is 0. The summed E-state index contributed by atoms with van der Waals surface area (Å²) in [4.78, 5) is 18.7. The van der Waals surface area contributed by atoms with Crippen LogP contribution in [-0.4, -0.2) is 9.97 Å². The molecule has 0 unspecified atom stereocenters. The van der Waals surface area contributed by atoms with Crippen molar-refractivity contribution in [3.8, 4) is 0 Å². The number of nitrogens with zero attached hydrogens (tertiary/aromatic N) is 2. The van der Waals surface area contributed by atoms with Crippen LogP contribution in [0.2, 0.25) is 0 Å². The van der Waals surface area contributed by atoms with E-state index in [0.717, 1.165) is 5.39 Å². The topological polar surface area (TPSA) is 42.9 Å². The lowest BCUT2D eigenvalue weighted by atomic mass is 10.3. The highest BCUT2D eigenvalue weighted by Gasteiger charge is 1.90. The molecule has 58 valence electrons. The first kappa shape index (κ1) is 6.91. The summed E-state index contributed by atoms with van der Waals surface area (Å²) in [6.07, 6.45) is 1.62. The smallest absolute Gasteiger partial charge is 0.267 e. The van der Waals surface area contributed by atoms with Crippen molar-refractivity contribution in [3.63, 3.8) is 0 Å². The fourth-order valence-corrected chi connectivity index (χ4v) is 1.01. The van der Waals surface area contributed by atoms with Gasteiger partial charge in [-0.15, -0.1) is 0 Å². The molecule has 2 rings (SSSR count). The third kappa shape index (κ3) is 1.16. The quantitative estimate of drug-likeness (QED) is 0.574. The molecule has 3 nitrogen and oxygen atoms in total. The highest BCUT2D eigenvalue weighted by molar-refractivity contribution is 5.72. The van der Waals surface area contributed by atoms with Gasteiger partial charge in [0.2, 0.25) is 0 Å². The van der Waals surface area contributed by atoms with Gasteiger partial charge in [0.15, 0.2) is 5.65 Å². The van der Waals surface area contributed by atoms with Crippen molar-refractivity contribution < 1.29 is 0 Å². The van der Waals surface area contributed by atoms with Crippen molar-refractivity contribution in [3.05, 3.63) is 46.9 Å². The van der Waals surface area contributed by atoms with E-state index in [9.17, 15) is 4.79 Å². The van der Waals surface area contributed by atoms with E-state index in [1.807, 2.05) is 18.2 Å². The van der Waals surface area contributed by atoms with Crippen LogP contribution in [0.15, 0.2) is 41.3 Å². The highest BCUT2D eigenvalue weighted by atomic mass is 16.1. The zero-order valence-electron chi connectivity index (χ0n) is 6.27. The van der Waals surface area contributed by atoms with Gasteiger partial charge in [-0.1, -0.05) is 12.1 Å². The van der Waals surface area contributed by atoms with Crippen molar-refractivity contribution in [2.45, 2.75) is 0 Å². The van der Waals surface area contributed by atoms with E-state index in [1.165, 1.54) is 6.07 Å². The molecule has 2 heterocycles. The van der Waals surface area contributed by atoms with Gasteiger partial charge >= 0.3 is 0 Å². The molecule has 2 aromatic rings. The average molecular weight is 158 g/mol. The van der Waals surface area contributed by atoms with Crippen LogP contribution in [0.3, 0.4) is 0 Å². The summed E-state index contributed by atoms with van der Waals surface area (Å²) in [5, 5.41) is 0.875. The van der Waals surface area contributed by atoms with Gasteiger partial charge in [-0.05, 0) is 12.1 Å². The van der Waals surface area contributed by atoms with Crippen molar-refractivity contribution in [1.29, 1.82) is 0 Å². The summed E-state index contributed by atoms with van der Waals surface area (Å²) in [6, 6.07) is 8.60. The first-order chi connectivity index (χ1) is 5.86.